The quantitative estimate of drug-likeness (QED) is 0.909. The Kier molecular flexibility index (Phi) is 5.14. The molecule has 1 N–H and O–H groups in total. The molecule has 2 aromatic carbocycles. The largest absolute Gasteiger partial charge is 0.481 e. The highest BCUT2D eigenvalue weighted by molar-refractivity contribution is 5.84. The third kappa shape index (κ3) is 3.56. The topological polar surface area (TPSA) is 66.8 Å². The zero-order valence-corrected chi connectivity index (χ0v) is 14.0. The molecule has 1 saturated heterocycles. The van der Waals surface area contributed by atoms with Crippen LogP contribution in [0.4, 0.5) is 0 Å². The fraction of sp³-hybridized carbons (Fsp3) is 0.300. The van der Waals surface area contributed by atoms with Crippen LogP contribution in [0.1, 0.15) is 23.1 Å². The molecule has 0 aromatic heterocycles. The van der Waals surface area contributed by atoms with Gasteiger partial charge in [-0.2, -0.15) is 0 Å². The van der Waals surface area contributed by atoms with Crippen LogP contribution in [0.3, 0.4) is 0 Å². The summed E-state index contributed by atoms with van der Waals surface area (Å²) in [6, 6.07) is 18.8. The second kappa shape index (κ2) is 7.49. The predicted molar refractivity (Wildman–Crippen MR) is 93.1 cm³/mol. The number of carboxylic acids is 1. The molecule has 3 atom stereocenters. The van der Waals surface area contributed by atoms with Gasteiger partial charge in [0.05, 0.1) is 5.92 Å². The van der Waals surface area contributed by atoms with Crippen LogP contribution in [0.2, 0.25) is 0 Å². The van der Waals surface area contributed by atoms with Gasteiger partial charge in [0.15, 0.2) is 6.10 Å². The zero-order valence-electron chi connectivity index (χ0n) is 14.0. The minimum Gasteiger partial charge on any atom is -0.481 e. The molecule has 130 valence electrons. The van der Waals surface area contributed by atoms with Crippen LogP contribution in [0.15, 0.2) is 60.7 Å². The van der Waals surface area contributed by atoms with Crippen molar-refractivity contribution in [2.24, 2.45) is 5.92 Å². The molecule has 2 aromatic rings. The van der Waals surface area contributed by atoms with Gasteiger partial charge in [-0.1, -0.05) is 60.7 Å². The maximum Gasteiger partial charge on any atom is 0.308 e. The molecule has 1 unspecified atom stereocenters. The number of aliphatic carboxylic acids is 1. The van der Waals surface area contributed by atoms with Gasteiger partial charge in [0.2, 0.25) is 0 Å². The predicted octanol–water partition coefficient (Wildman–Crippen LogP) is 2.70. The van der Waals surface area contributed by atoms with Gasteiger partial charge in [0, 0.05) is 26.1 Å². The maximum absolute atomic E-state index is 12.9. The standard InChI is InChI=1S/C20H21NO4/c1-25-18(15-10-6-3-7-11-15)19(22)21-12-16(17(13-21)20(23)24)14-8-4-2-5-9-14/h2-11,16-18H,12-13H2,1H3,(H,23,24)/t16-,17-,18?/m0/s1. The van der Waals surface area contributed by atoms with E-state index in [1.165, 1.54) is 7.11 Å². The first-order chi connectivity index (χ1) is 12.1. The first kappa shape index (κ1) is 17.2. The van der Waals surface area contributed by atoms with E-state index in [9.17, 15) is 14.7 Å². The van der Waals surface area contributed by atoms with Gasteiger partial charge in [-0.3, -0.25) is 9.59 Å². The van der Waals surface area contributed by atoms with E-state index < -0.39 is 18.0 Å². The molecule has 0 spiro atoms. The number of carboxylic acid groups (broad SMARTS) is 1. The molecule has 0 radical (unpaired) electrons. The average Bonchev–Trinajstić information content (AvgIpc) is 3.10. The van der Waals surface area contributed by atoms with E-state index in [1.807, 2.05) is 60.7 Å². The summed E-state index contributed by atoms with van der Waals surface area (Å²) in [5.41, 5.74) is 1.71. The molecule has 1 heterocycles. The van der Waals surface area contributed by atoms with Crippen molar-refractivity contribution < 1.29 is 19.4 Å². The lowest BCUT2D eigenvalue weighted by Crippen LogP contribution is -2.35. The van der Waals surface area contributed by atoms with Crippen molar-refractivity contribution in [2.75, 3.05) is 20.2 Å². The number of carbonyl (C=O) groups is 2. The van der Waals surface area contributed by atoms with Crippen molar-refractivity contribution >= 4 is 11.9 Å². The van der Waals surface area contributed by atoms with Crippen LogP contribution < -0.4 is 0 Å². The van der Waals surface area contributed by atoms with Crippen molar-refractivity contribution in [2.45, 2.75) is 12.0 Å². The van der Waals surface area contributed by atoms with E-state index in [0.29, 0.717) is 6.54 Å². The lowest BCUT2D eigenvalue weighted by Gasteiger charge is -2.23. The molecule has 0 saturated carbocycles. The lowest BCUT2D eigenvalue weighted by atomic mass is 9.89. The monoisotopic (exact) mass is 339 g/mol. The average molecular weight is 339 g/mol. The fourth-order valence-corrected chi connectivity index (χ4v) is 3.45. The third-order valence-corrected chi connectivity index (χ3v) is 4.74. The van der Waals surface area contributed by atoms with Gasteiger partial charge in [0.1, 0.15) is 0 Å². The van der Waals surface area contributed by atoms with E-state index in [1.54, 1.807) is 4.90 Å². The Bertz CT molecular complexity index is 732. The second-order valence-electron chi connectivity index (χ2n) is 6.23. The molecule has 1 aliphatic rings. The van der Waals surface area contributed by atoms with Gasteiger partial charge in [0.25, 0.3) is 5.91 Å². The van der Waals surface area contributed by atoms with E-state index in [2.05, 4.69) is 0 Å². The van der Waals surface area contributed by atoms with Gasteiger partial charge >= 0.3 is 5.97 Å². The maximum atomic E-state index is 12.9. The third-order valence-electron chi connectivity index (χ3n) is 4.74. The molecule has 5 heteroatoms. The minimum atomic E-state index is -0.877. The van der Waals surface area contributed by atoms with E-state index in [-0.39, 0.29) is 18.4 Å². The molecule has 0 bridgehead atoms. The van der Waals surface area contributed by atoms with Crippen molar-refractivity contribution in [1.29, 1.82) is 0 Å². The van der Waals surface area contributed by atoms with E-state index in [0.717, 1.165) is 11.1 Å². The van der Waals surface area contributed by atoms with Crippen molar-refractivity contribution in [1.82, 2.24) is 4.90 Å². The number of hydrogen-bond acceptors (Lipinski definition) is 3. The summed E-state index contributed by atoms with van der Waals surface area (Å²) in [5.74, 6) is -1.90. The summed E-state index contributed by atoms with van der Waals surface area (Å²) in [6.07, 6.45) is -0.717. The molecular formula is C20H21NO4. The van der Waals surface area contributed by atoms with Crippen molar-refractivity contribution in [3.05, 3.63) is 71.8 Å². The lowest BCUT2D eigenvalue weighted by molar-refractivity contribution is -0.143. The first-order valence-corrected chi connectivity index (χ1v) is 8.26. The molecule has 0 aliphatic carbocycles. The Morgan fingerprint density at radius 3 is 2.20 bits per heavy atom. The van der Waals surface area contributed by atoms with Crippen LogP contribution in [0.25, 0.3) is 0 Å². The van der Waals surface area contributed by atoms with Crippen LogP contribution in [0.5, 0.6) is 0 Å². The number of nitrogens with zero attached hydrogens (tertiary/aromatic N) is 1. The number of hydrogen-bond donors (Lipinski definition) is 1. The summed E-state index contributed by atoms with van der Waals surface area (Å²) < 4.78 is 5.41. The summed E-state index contributed by atoms with van der Waals surface area (Å²) in [7, 11) is 1.50. The fourth-order valence-electron chi connectivity index (χ4n) is 3.45. The Morgan fingerprint density at radius 2 is 1.64 bits per heavy atom. The highest BCUT2D eigenvalue weighted by Gasteiger charge is 2.42. The van der Waals surface area contributed by atoms with Gasteiger partial charge < -0.3 is 14.7 Å². The van der Waals surface area contributed by atoms with Crippen LogP contribution >= 0.6 is 0 Å². The SMILES string of the molecule is COC(C(=O)N1C[C@H](C(=O)O)[C@H](c2ccccc2)C1)c1ccccc1. The summed E-state index contributed by atoms with van der Waals surface area (Å²) in [6.45, 7) is 0.576. The number of carbonyl (C=O) groups excluding carboxylic acids is 1. The zero-order chi connectivity index (χ0) is 17.8. The molecular weight excluding hydrogens is 318 g/mol. The Morgan fingerprint density at radius 1 is 1.04 bits per heavy atom. The van der Waals surface area contributed by atoms with Gasteiger partial charge in [-0.05, 0) is 11.1 Å². The summed E-state index contributed by atoms with van der Waals surface area (Å²) in [5, 5.41) is 9.59. The Hall–Kier alpha value is -2.66. The summed E-state index contributed by atoms with van der Waals surface area (Å²) >= 11 is 0. The number of methoxy groups -OCH3 is 1. The number of amides is 1. The van der Waals surface area contributed by atoms with E-state index >= 15 is 0 Å². The number of benzene rings is 2. The smallest absolute Gasteiger partial charge is 0.308 e. The second-order valence-corrected chi connectivity index (χ2v) is 6.23. The number of rotatable bonds is 5. The van der Waals surface area contributed by atoms with Gasteiger partial charge in [-0.25, -0.2) is 0 Å². The van der Waals surface area contributed by atoms with E-state index in [4.69, 9.17) is 4.74 Å². The normalized spacial score (nSPS) is 21.1. The number of ether oxygens (including phenoxy) is 1. The first-order valence-electron chi connectivity index (χ1n) is 8.26. The molecule has 25 heavy (non-hydrogen) atoms. The minimum absolute atomic E-state index is 0.195. The van der Waals surface area contributed by atoms with Crippen molar-refractivity contribution in [3.8, 4) is 0 Å². The molecule has 5 nitrogen and oxygen atoms in total. The van der Waals surface area contributed by atoms with Crippen LogP contribution in [-0.2, 0) is 14.3 Å². The highest BCUT2D eigenvalue weighted by Crippen LogP contribution is 2.34. The van der Waals surface area contributed by atoms with Gasteiger partial charge in [-0.15, -0.1) is 0 Å². The number of likely N-dealkylation sites (tertiary alicyclic amines) is 1. The van der Waals surface area contributed by atoms with Crippen molar-refractivity contribution in [3.63, 3.8) is 0 Å². The molecule has 1 amide bonds. The Labute approximate surface area is 146 Å². The Balaban J connectivity index is 1.83. The summed E-state index contributed by atoms with van der Waals surface area (Å²) in [4.78, 5) is 26.2. The van der Waals surface area contributed by atoms with Crippen LogP contribution in [-0.4, -0.2) is 42.1 Å². The molecule has 1 fully saturated rings. The molecule has 1 aliphatic heterocycles. The van der Waals surface area contributed by atoms with Crippen LogP contribution in [0, 0.1) is 5.92 Å². The highest BCUT2D eigenvalue weighted by atomic mass is 16.5. The molecule has 3 rings (SSSR count).